The van der Waals surface area contributed by atoms with E-state index in [1.54, 1.807) is 4.90 Å². The SMILES string of the molecule is O=C1CCC(N2Cc3c(CN4CCN(CCN5CCNCC5)CC4)cccc3C2=O)C(=O)N1. The molecule has 33 heavy (non-hydrogen) atoms. The minimum Gasteiger partial charge on any atom is -0.322 e. The topological polar surface area (TPSA) is 88.2 Å². The van der Waals surface area contributed by atoms with E-state index in [-0.39, 0.29) is 24.1 Å². The Bertz CT molecular complexity index is 907. The third-order valence-electron chi connectivity index (χ3n) is 7.48. The van der Waals surface area contributed by atoms with Gasteiger partial charge in [-0.1, -0.05) is 12.1 Å². The van der Waals surface area contributed by atoms with Gasteiger partial charge in [0.1, 0.15) is 6.04 Å². The molecule has 1 aromatic carbocycles. The van der Waals surface area contributed by atoms with Crippen LogP contribution in [0, 0.1) is 0 Å². The molecule has 5 rings (SSSR count). The maximum atomic E-state index is 13.0. The number of nitrogens with one attached hydrogen (secondary N) is 2. The third-order valence-corrected chi connectivity index (χ3v) is 7.48. The summed E-state index contributed by atoms with van der Waals surface area (Å²) in [5.41, 5.74) is 2.91. The Balaban J connectivity index is 1.16. The zero-order valence-corrected chi connectivity index (χ0v) is 19.2. The lowest BCUT2D eigenvalue weighted by Crippen LogP contribution is -2.52. The number of piperazine rings is 2. The smallest absolute Gasteiger partial charge is 0.255 e. The number of rotatable bonds is 6. The van der Waals surface area contributed by atoms with Gasteiger partial charge in [-0.25, -0.2) is 0 Å². The molecule has 0 saturated carbocycles. The van der Waals surface area contributed by atoms with Crippen molar-refractivity contribution in [3.8, 4) is 0 Å². The number of nitrogens with zero attached hydrogens (tertiary/aromatic N) is 4. The fourth-order valence-electron chi connectivity index (χ4n) is 5.43. The average molecular weight is 455 g/mol. The van der Waals surface area contributed by atoms with Crippen LogP contribution in [-0.4, -0.2) is 109 Å². The lowest BCUT2D eigenvalue weighted by molar-refractivity contribution is -0.136. The van der Waals surface area contributed by atoms with Crippen molar-refractivity contribution in [3.63, 3.8) is 0 Å². The van der Waals surface area contributed by atoms with Crippen LogP contribution < -0.4 is 10.6 Å². The van der Waals surface area contributed by atoms with Crippen LogP contribution >= 0.6 is 0 Å². The second-order valence-corrected chi connectivity index (χ2v) is 9.55. The van der Waals surface area contributed by atoms with Gasteiger partial charge < -0.3 is 10.2 Å². The summed E-state index contributed by atoms with van der Waals surface area (Å²) >= 11 is 0. The van der Waals surface area contributed by atoms with Crippen LogP contribution in [0.1, 0.15) is 34.3 Å². The molecule has 3 amide bonds. The van der Waals surface area contributed by atoms with Gasteiger partial charge >= 0.3 is 0 Å². The first-order valence-corrected chi connectivity index (χ1v) is 12.2. The second kappa shape index (κ2) is 9.89. The lowest BCUT2D eigenvalue weighted by atomic mass is 10.0. The molecule has 1 aromatic rings. The summed E-state index contributed by atoms with van der Waals surface area (Å²) in [7, 11) is 0. The van der Waals surface area contributed by atoms with Gasteiger partial charge in [0.05, 0.1) is 0 Å². The number of hydrogen-bond acceptors (Lipinski definition) is 7. The molecule has 3 saturated heterocycles. The van der Waals surface area contributed by atoms with Crippen LogP contribution in [0.3, 0.4) is 0 Å². The summed E-state index contributed by atoms with van der Waals surface area (Å²) < 4.78 is 0. The second-order valence-electron chi connectivity index (χ2n) is 9.55. The van der Waals surface area contributed by atoms with Crippen LogP contribution in [-0.2, 0) is 22.7 Å². The molecule has 9 nitrogen and oxygen atoms in total. The molecule has 1 atom stereocenters. The van der Waals surface area contributed by atoms with Gasteiger partial charge in [0.25, 0.3) is 5.91 Å². The molecule has 0 radical (unpaired) electrons. The standard InChI is InChI=1S/C24H34N6O3/c31-22-5-4-21(23(32)26-22)30-17-20-18(2-1-3-19(20)24(30)33)16-29-14-12-28(13-15-29)11-10-27-8-6-25-7-9-27/h1-3,21,25H,4-17H2,(H,26,31,32). The van der Waals surface area contributed by atoms with E-state index in [2.05, 4.69) is 31.4 Å². The first-order valence-electron chi connectivity index (χ1n) is 12.2. The number of amides is 3. The fourth-order valence-corrected chi connectivity index (χ4v) is 5.43. The average Bonchev–Trinajstić information content (AvgIpc) is 3.16. The van der Waals surface area contributed by atoms with Crippen molar-refractivity contribution in [2.75, 3.05) is 65.4 Å². The Morgan fingerprint density at radius 1 is 0.879 bits per heavy atom. The fraction of sp³-hybridized carbons (Fsp3) is 0.625. The molecular weight excluding hydrogens is 420 g/mol. The van der Waals surface area contributed by atoms with Crippen LogP contribution in [0.15, 0.2) is 18.2 Å². The summed E-state index contributed by atoms with van der Waals surface area (Å²) in [4.78, 5) is 46.1. The third kappa shape index (κ3) is 4.96. The van der Waals surface area contributed by atoms with Crippen molar-refractivity contribution in [1.29, 1.82) is 0 Å². The van der Waals surface area contributed by atoms with Crippen LogP contribution in [0.25, 0.3) is 0 Å². The first-order chi connectivity index (χ1) is 16.1. The highest BCUT2D eigenvalue weighted by Gasteiger charge is 2.39. The Morgan fingerprint density at radius 2 is 1.58 bits per heavy atom. The molecule has 2 N–H and O–H groups in total. The van der Waals surface area contributed by atoms with Crippen molar-refractivity contribution in [2.24, 2.45) is 0 Å². The normalized spacial score (nSPS) is 25.4. The molecular formula is C24H34N6O3. The Kier molecular flexibility index (Phi) is 6.73. The van der Waals surface area contributed by atoms with Crippen LogP contribution in [0.4, 0.5) is 0 Å². The predicted octanol–water partition coefficient (Wildman–Crippen LogP) is -0.530. The molecule has 4 aliphatic rings. The van der Waals surface area contributed by atoms with Gasteiger partial charge in [-0.05, 0) is 23.6 Å². The summed E-state index contributed by atoms with van der Waals surface area (Å²) in [5, 5.41) is 5.79. The molecule has 0 spiro atoms. The molecule has 0 bridgehead atoms. The van der Waals surface area contributed by atoms with Crippen molar-refractivity contribution >= 4 is 17.7 Å². The van der Waals surface area contributed by atoms with Crippen molar-refractivity contribution in [3.05, 3.63) is 34.9 Å². The summed E-state index contributed by atoms with van der Waals surface area (Å²) in [5.74, 6) is -0.710. The van der Waals surface area contributed by atoms with Crippen molar-refractivity contribution < 1.29 is 14.4 Å². The molecule has 4 aliphatic heterocycles. The molecule has 0 aliphatic carbocycles. The van der Waals surface area contributed by atoms with E-state index in [0.717, 1.165) is 77.6 Å². The largest absolute Gasteiger partial charge is 0.322 e. The number of carbonyl (C=O) groups excluding carboxylic acids is 3. The first kappa shape index (κ1) is 22.5. The molecule has 4 heterocycles. The highest BCUT2D eigenvalue weighted by molar-refractivity contribution is 6.05. The van der Waals surface area contributed by atoms with E-state index in [9.17, 15) is 14.4 Å². The van der Waals surface area contributed by atoms with E-state index >= 15 is 0 Å². The summed E-state index contributed by atoms with van der Waals surface area (Å²) in [6.07, 6.45) is 0.679. The van der Waals surface area contributed by atoms with E-state index in [1.165, 1.54) is 5.56 Å². The monoisotopic (exact) mass is 454 g/mol. The minimum absolute atomic E-state index is 0.0981. The summed E-state index contributed by atoms with van der Waals surface area (Å²) in [6, 6.07) is 5.36. The Morgan fingerprint density at radius 3 is 2.30 bits per heavy atom. The molecule has 0 aromatic heterocycles. The predicted molar refractivity (Wildman–Crippen MR) is 124 cm³/mol. The van der Waals surface area contributed by atoms with E-state index in [0.29, 0.717) is 18.5 Å². The maximum Gasteiger partial charge on any atom is 0.255 e. The molecule has 1 unspecified atom stereocenters. The van der Waals surface area contributed by atoms with Gasteiger partial charge in [-0.3, -0.25) is 34.4 Å². The van der Waals surface area contributed by atoms with Crippen molar-refractivity contribution in [2.45, 2.75) is 32.0 Å². The quantitative estimate of drug-likeness (QED) is 0.559. The highest BCUT2D eigenvalue weighted by Crippen LogP contribution is 2.30. The Hall–Kier alpha value is -2.33. The number of benzene rings is 1. The molecule has 9 heteroatoms. The maximum absolute atomic E-state index is 13.0. The number of piperidine rings is 1. The van der Waals surface area contributed by atoms with E-state index < -0.39 is 6.04 Å². The van der Waals surface area contributed by atoms with Crippen LogP contribution in [0.5, 0.6) is 0 Å². The lowest BCUT2D eigenvalue weighted by Gasteiger charge is -2.36. The number of hydrogen-bond donors (Lipinski definition) is 2. The number of fused-ring (bicyclic) bond motifs is 1. The van der Waals surface area contributed by atoms with Gasteiger partial charge in [0.2, 0.25) is 11.8 Å². The van der Waals surface area contributed by atoms with Gasteiger partial charge in [0.15, 0.2) is 0 Å². The van der Waals surface area contributed by atoms with Gasteiger partial charge in [0, 0.05) is 90.5 Å². The van der Waals surface area contributed by atoms with Gasteiger partial charge in [-0.2, -0.15) is 0 Å². The number of imide groups is 1. The zero-order chi connectivity index (χ0) is 22.8. The molecule has 178 valence electrons. The molecule has 3 fully saturated rings. The van der Waals surface area contributed by atoms with Crippen molar-refractivity contribution in [1.82, 2.24) is 30.2 Å². The van der Waals surface area contributed by atoms with E-state index in [1.807, 2.05) is 12.1 Å². The Labute approximate surface area is 195 Å². The zero-order valence-electron chi connectivity index (χ0n) is 19.2. The number of carbonyl (C=O) groups is 3. The van der Waals surface area contributed by atoms with Crippen LogP contribution in [0.2, 0.25) is 0 Å². The van der Waals surface area contributed by atoms with E-state index in [4.69, 9.17) is 0 Å². The highest BCUT2D eigenvalue weighted by atomic mass is 16.2. The minimum atomic E-state index is -0.560. The van der Waals surface area contributed by atoms with Gasteiger partial charge in [-0.15, -0.1) is 0 Å². The summed E-state index contributed by atoms with van der Waals surface area (Å²) in [6.45, 7) is 12.2.